The van der Waals surface area contributed by atoms with Gasteiger partial charge in [-0.05, 0) is 33.5 Å². The van der Waals surface area contributed by atoms with Gasteiger partial charge in [-0.3, -0.25) is 0 Å². The van der Waals surface area contributed by atoms with E-state index in [2.05, 4.69) is 16.0 Å². The fraction of sp³-hybridized carbons (Fsp3) is 0.909. The third-order valence-electron chi connectivity index (χ3n) is 2.21. The van der Waals surface area contributed by atoms with E-state index in [4.69, 9.17) is 4.74 Å². The summed E-state index contributed by atoms with van der Waals surface area (Å²) < 4.78 is 4.90. The monoisotopic (exact) mass is 231 g/mol. The van der Waals surface area contributed by atoms with E-state index in [-0.39, 0.29) is 6.09 Å². The molecule has 0 rings (SSSR count). The Morgan fingerprint density at radius 2 is 1.56 bits per heavy atom. The molecular formula is C11H25N3O2. The predicted molar refractivity (Wildman–Crippen MR) is 65.7 cm³/mol. The number of unbranched alkanes of at least 4 members (excludes halogenated alkanes) is 3. The van der Waals surface area contributed by atoms with Crippen LogP contribution in [0.25, 0.3) is 0 Å². The van der Waals surface area contributed by atoms with Crippen molar-refractivity contribution in [2.45, 2.75) is 25.7 Å². The molecule has 96 valence electrons. The zero-order valence-corrected chi connectivity index (χ0v) is 10.5. The van der Waals surface area contributed by atoms with Gasteiger partial charge < -0.3 is 20.7 Å². The average molecular weight is 231 g/mol. The second kappa shape index (κ2) is 12.3. The Morgan fingerprint density at radius 3 is 2.19 bits per heavy atom. The first-order valence-electron chi connectivity index (χ1n) is 6.01. The molecule has 0 atom stereocenters. The summed E-state index contributed by atoms with van der Waals surface area (Å²) in [4.78, 5) is 11.1. The first kappa shape index (κ1) is 15.2. The summed E-state index contributed by atoms with van der Waals surface area (Å²) in [5.74, 6) is 0. The molecule has 3 N–H and O–H groups in total. The van der Waals surface area contributed by atoms with Gasteiger partial charge in [0.05, 0.1) is 0 Å². The number of amides is 1. The quantitative estimate of drug-likeness (QED) is 0.485. The van der Waals surface area contributed by atoms with Gasteiger partial charge in [-0.15, -0.1) is 0 Å². The number of carbonyl (C=O) groups excluding carboxylic acids is 1. The van der Waals surface area contributed by atoms with Gasteiger partial charge in [-0.1, -0.05) is 12.8 Å². The van der Waals surface area contributed by atoms with Crippen molar-refractivity contribution in [3.05, 3.63) is 0 Å². The molecule has 0 aromatic carbocycles. The summed E-state index contributed by atoms with van der Waals surface area (Å²) in [6.45, 7) is 2.89. The van der Waals surface area contributed by atoms with Crippen LogP contribution in [0.2, 0.25) is 0 Å². The van der Waals surface area contributed by atoms with Crippen LogP contribution < -0.4 is 16.0 Å². The standard InChI is InChI=1S/C11H25N3O2/c1-12-7-5-3-4-6-8-14-11(15)16-10-9-13-2/h12-13H,3-10H2,1-2H3,(H,14,15). The normalized spacial score (nSPS) is 10.1. The van der Waals surface area contributed by atoms with E-state index in [1.54, 1.807) is 0 Å². The van der Waals surface area contributed by atoms with Crippen LogP contribution >= 0.6 is 0 Å². The third kappa shape index (κ3) is 11.3. The minimum atomic E-state index is -0.314. The highest BCUT2D eigenvalue weighted by Crippen LogP contribution is 1.97. The maximum atomic E-state index is 11.1. The summed E-state index contributed by atoms with van der Waals surface area (Å²) in [5.41, 5.74) is 0. The third-order valence-corrected chi connectivity index (χ3v) is 2.21. The van der Waals surface area contributed by atoms with E-state index in [1.807, 2.05) is 14.1 Å². The number of hydrogen-bond acceptors (Lipinski definition) is 4. The summed E-state index contributed by atoms with van der Waals surface area (Å²) in [5, 5.41) is 8.75. The Hall–Kier alpha value is -0.810. The lowest BCUT2D eigenvalue weighted by Crippen LogP contribution is -2.28. The number of nitrogens with one attached hydrogen (secondary N) is 3. The first-order chi connectivity index (χ1) is 7.81. The number of hydrogen-bond donors (Lipinski definition) is 3. The molecule has 0 aliphatic rings. The van der Waals surface area contributed by atoms with Gasteiger partial charge in [-0.2, -0.15) is 0 Å². The van der Waals surface area contributed by atoms with Crippen LogP contribution in [0, 0.1) is 0 Å². The molecule has 0 fully saturated rings. The number of rotatable bonds is 10. The molecule has 1 amide bonds. The largest absolute Gasteiger partial charge is 0.448 e. The highest BCUT2D eigenvalue weighted by molar-refractivity contribution is 5.66. The molecule has 0 aliphatic heterocycles. The van der Waals surface area contributed by atoms with Crippen molar-refractivity contribution in [2.24, 2.45) is 0 Å². The molecule has 16 heavy (non-hydrogen) atoms. The van der Waals surface area contributed by atoms with Gasteiger partial charge in [0.15, 0.2) is 0 Å². The van der Waals surface area contributed by atoms with Crippen molar-refractivity contribution in [1.82, 2.24) is 16.0 Å². The van der Waals surface area contributed by atoms with E-state index in [0.717, 1.165) is 19.4 Å². The smallest absolute Gasteiger partial charge is 0.407 e. The molecule has 0 unspecified atom stereocenters. The molecular weight excluding hydrogens is 206 g/mol. The van der Waals surface area contributed by atoms with Crippen LogP contribution in [0.1, 0.15) is 25.7 Å². The molecule has 0 aliphatic carbocycles. The highest BCUT2D eigenvalue weighted by atomic mass is 16.5. The van der Waals surface area contributed by atoms with E-state index >= 15 is 0 Å². The second-order valence-electron chi connectivity index (χ2n) is 3.68. The molecule has 0 spiro atoms. The molecule has 0 bridgehead atoms. The van der Waals surface area contributed by atoms with E-state index in [1.165, 1.54) is 12.8 Å². The lowest BCUT2D eigenvalue weighted by atomic mass is 10.2. The van der Waals surface area contributed by atoms with Gasteiger partial charge >= 0.3 is 6.09 Å². The molecule has 0 saturated heterocycles. The van der Waals surface area contributed by atoms with Crippen LogP contribution in [0.3, 0.4) is 0 Å². The minimum Gasteiger partial charge on any atom is -0.448 e. The van der Waals surface area contributed by atoms with Crippen LogP contribution in [-0.4, -0.2) is 46.4 Å². The molecule has 5 nitrogen and oxygen atoms in total. The SMILES string of the molecule is CNCCCCCCNC(=O)OCCNC. The zero-order valence-electron chi connectivity index (χ0n) is 10.5. The molecule has 0 heterocycles. The van der Waals surface area contributed by atoms with Crippen molar-refractivity contribution in [2.75, 3.05) is 40.3 Å². The topological polar surface area (TPSA) is 62.4 Å². The van der Waals surface area contributed by atoms with E-state index < -0.39 is 0 Å². The van der Waals surface area contributed by atoms with Crippen molar-refractivity contribution in [3.8, 4) is 0 Å². The van der Waals surface area contributed by atoms with Crippen LogP contribution in [-0.2, 0) is 4.74 Å². The Bertz CT molecular complexity index is 165. The average Bonchev–Trinajstić information content (AvgIpc) is 2.28. The van der Waals surface area contributed by atoms with E-state index in [9.17, 15) is 4.79 Å². The Labute approximate surface area is 98.3 Å². The lowest BCUT2D eigenvalue weighted by Gasteiger charge is -2.06. The number of likely N-dealkylation sites (N-methyl/N-ethyl adjacent to an activating group) is 1. The molecule has 0 aromatic heterocycles. The Balaban J connectivity index is 3.09. The number of carbonyl (C=O) groups is 1. The van der Waals surface area contributed by atoms with Crippen molar-refractivity contribution in [3.63, 3.8) is 0 Å². The van der Waals surface area contributed by atoms with Crippen LogP contribution in [0.4, 0.5) is 4.79 Å². The maximum Gasteiger partial charge on any atom is 0.407 e. The summed E-state index contributed by atoms with van der Waals surface area (Å²) in [6, 6.07) is 0. The second-order valence-corrected chi connectivity index (χ2v) is 3.68. The maximum absolute atomic E-state index is 11.1. The van der Waals surface area contributed by atoms with Crippen molar-refractivity contribution < 1.29 is 9.53 Å². The zero-order chi connectivity index (χ0) is 12.1. The van der Waals surface area contributed by atoms with E-state index in [0.29, 0.717) is 19.7 Å². The summed E-state index contributed by atoms with van der Waals surface area (Å²) in [7, 11) is 3.79. The summed E-state index contributed by atoms with van der Waals surface area (Å²) in [6.07, 6.45) is 4.26. The highest BCUT2D eigenvalue weighted by Gasteiger charge is 1.99. The van der Waals surface area contributed by atoms with Gasteiger partial charge in [-0.25, -0.2) is 4.79 Å². The van der Waals surface area contributed by atoms with Crippen molar-refractivity contribution >= 4 is 6.09 Å². The van der Waals surface area contributed by atoms with Crippen LogP contribution in [0.5, 0.6) is 0 Å². The molecule has 0 radical (unpaired) electrons. The van der Waals surface area contributed by atoms with Gasteiger partial charge in [0.25, 0.3) is 0 Å². The number of alkyl carbamates (subject to hydrolysis) is 1. The van der Waals surface area contributed by atoms with Crippen molar-refractivity contribution in [1.29, 1.82) is 0 Å². The predicted octanol–water partition coefficient (Wildman–Crippen LogP) is 0.712. The van der Waals surface area contributed by atoms with Gasteiger partial charge in [0.2, 0.25) is 0 Å². The fourth-order valence-electron chi connectivity index (χ4n) is 1.27. The molecule has 0 saturated carbocycles. The summed E-state index contributed by atoms with van der Waals surface area (Å²) >= 11 is 0. The Morgan fingerprint density at radius 1 is 0.938 bits per heavy atom. The Kier molecular flexibility index (Phi) is 11.6. The number of ether oxygens (including phenoxy) is 1. The first-order valence-corrected chi connectivity index (χ1v) is 6.01. The van der Waals surface area contributed by atoms with Gasteiger partial charge in [0, 0.05) is 13.1 Å². The molecule has 5 heteroatoms. The fourth-order valence-corrected chi connectivity index (χ4v) is 1.27. The lowest BCUT2D eigenvalue weighted by molar-refractivity contribution is 0.147. The molecule has 0 aromatic rings. The van der Waals surface area contributed by atoms with Crippen LogP contribution in [0.15, 0.2) is 0 Å². The van der Waals surface area contributed by atoms with Gasteiger partial charge in [0.1, 0.15) is 6.61 Å². The minimum absolute atomic E-state index is 0.314.